The molecule has 124 valence electrons. The van der Waals surface area contributed by atoms with Crippen molar-refractivity contribution in [3.05, 3.63) is 63.2 Å². The summed E-state index contributed by atoms with van der Waals surface area (Å²) < 4.78 is 6.42. The first-order chi connectivity index (χ1) is 11.2. The van der Waals surface area contributed by atoms with Crippen molar-refractivity contribution in [2.24, 2.45) is 0 Å². The zero-order valence-corrected chi connectivity index (χ0v) is 14.3. The second-order valence-corrected chi connectivity index (χ2v) is 7.37. The summed E-state index contributed by atoms with van der Waals surface area (Å²) >= 11 is 0. The van der Waals surface area contributed by atoms with Gasteiger partial charge < -0.3 is 9.64 Å². The zero-order valence-electron chi connectivity index (χ0n) is 14.3. The Hall–Kier alpha value is -2.56. The first-order valence-electron chi connectivity index (χ1n) is 8.09. The first kappa shape index (κ1) is 15.0. The number of nitro benzene ring substituents is 1. The fourth-order valence-corrected chi connectivity index (χ4v) is 3.91. The van der Waals surface area contributed by atoms with Crippen LogP contribution in [0.3, 0.4) is 0 Å². The van der Waals surface area contributed by atoms with Crippen molar-refractivity contribution in [3.8, 4) is 5.75 Å². The normalized spacial score (nSPS) is 23.1. The van der Waals surface area contributed by atoms with Gasteiger partial charge in [0.2, 0.25) is 0 Å². The molecule has 2 aliphatic heterocycles. The van der Waals surface area contributed by atoms with Gasteiger partial charge in [0.05, 0.1) is 16.9 Å². The van der Waals surface area contributed by atoms with Gasteiger partial charge >= 0.3 is 0 Å². The van der Waals surface area contributed by atoms with Crippen LogP contribution in [0.4, 0.5) is 11.4 Å². The predicted octanol–water partition coefficient (Wildman–Crippen LogP) is 4.31. The monoisotopic (exact) mass is 324 g/mol. The summed E-state index contributed by atoms with van der Waals surface area (Å²) in [6.07, 6.45) is 0. The Kier molecular flexibility index (Phi) is 2.81. The smallest absolute Gasteiger partial charge is 0.270 e. The van der Waals surface area contributed by atoms with E-state index in [1.807, 2.05) is 0 Å². The van der Waals surface area contributed by atoms with Crippen molar-refractivity contribution in [1.82, 2.24) is 0 Å². The molecule has 0 amide bonds. The maximum Gasteiger partial charge on any atom is 0.270 e. The van der Waals surface area contributed by atoms with Crippen molar-refractivity contribution in [1.29, 1.82) is 0 Å². The van der Waals surface area contributed by atoms with Gasteiger partial charge in [-0.15, -0.1) is 0 Å². The number of non-ortho nitro benzene ring substituents is 1. The number of hydrogen-bond donors (Lipinski definition) is 0. The number of aryl methyl sites for hydroxylation is 1. The summed E-state index contributed by atoms with van der Waals surface area (Å²) in [6, 6.07) is 11.3. The number of fused-ring (bicyclic) bond motifs is 4. The van der Waals surface area contributed by atoms with Crippen LogP contribution in [-0.2, 0) is 12.0 Å². The molecule has 2 heterocycles. The van der Waals surface area contributed by atoms with Crippen LogP contribution in [0.5, 0.6) is 5.75 Å². The molecule has 0 spiro atoms. The topological polar surface area (TPSA) is 55.6 Å². The molecule has 0 N–H and O–H groups in total. The highest BCUT2D eigenvalue weighted by Crippen LogP contribution is 2.55. The van der Waals surface area contributed by atoms with Crippen LogP contribution in [-0.4, -0.2) is 10.6 Å². The predicted molar refractivity (Wildman–Crippen MR) is 92.5 cm³/mol. The maximum absolute atomic E-state index is 11.1. The Labute approximate surface area is 141 Å². The molecule has 5 heteroatoms. The molecule has 0 fully saturated rings. The number of hydrogen-bond acceptors (Lipinski definition) is 4. The standard InChI is InChI=1S/C19H20N2O3/c1-12-5-7-16-15(9-12)18(2,3)19(4)20(16)11-13-10-14(21(22)23)6-8-17(13)24-19/h5-10H,11H2,1-4H3. The molecule has 24 heavy (non-hydrogen) atoms. The van der Waals surface area contributed by atoms with Crippen molar-refractivity contribution >= 4 is 11.4 Å². The molecule has 0 aliphatic carbocycles. The number of ether oxygens (including phenoxy) is 1. The molecule has 1 unspecified atom stereocenters. The Bertz CT molecular complexity index is 875. The van der Waals surface area contributed by atoms with Crippen molar-refractivity contribution in [2.75, 3.05) is 4.90 Å². The Morgan fingerprint density at radius 1 is 1.17 bits per heavy atom. The van der Waals surface area contributed by atoms with Crippen LogP contribution < -0.4 is 9.64 Å². The average molecular weight is 324 g/mol. The Balaban J connectivity index is 1.88. The van der Waals surface area contributed by atoms with Gasteiger partial charge in [0.1, 0.15) is 5.75 Å². The minimum absolute atomic E-state index is 0.100. The molecular weight excluding hydrogens is 304 g/mol. The van der Waals surface area contributed by atoms with Crippen LogP contribution in [0.25, 0.3) is 0 Å². The largest absolute Gasteiger partial charge is 0.467 e. The summed E-state index contributed by atoms with van der Waals surface area (Å²) in [4.78, 5) is 12.9. The number of anilines is 1. The molecule has 2 aliphatic rings. The van der Waals surface area contributed by atoms with Crippen molar-refractivity contribution in [3.63, 3.8) is 0 Å². The van der Waals surface area contributed by atoms with Gasteiger partial charge in [0.15, 0.2) is 5.72 Å². The summed E-state index contributed by atoms with van der Waals surface area (Å²) in [5, 5.41) is 11.1. The molecule has 1 atom stereocenters. The summed E-state index contributed by atoms with van der Waals surface area (Å²) in [5.41, 5.74) is 3.85. The Morgan fingerprint density at radius 2 is 1.92 bits per heavy atom. The highest BCUT2D eigenvalue weighted by molar-refractivity contribution is 5.68. The molecule has 0 radical (unpaired) electrons. The lowest BCUT2D eigenvalue weighted by molar-refractivity contribution is -0.385. The SMILES string of the molecule is Cc1ccc2c(c1)C(C)(C)C1(C)Oc3ccc([N+](=O)[O-])cc3CN21. The van der Waals surface area contributed by atoms with Crippen LogP contribution >= 0.6 is 0 Å². The van der Waals surface area contributed by atoms with E-state index in [-0.39, 0.29) is 16.0 Å². The minimum atomic E-state index is -0.522. The highest BCUT2D eigenvalue weighted by atomic mass is 16.6. The van der Waals surface area contributed by atoms with E-state index >= 15 is 0 Å². The third-order valence-corrected chi connectivity index (χ3v) is 5.68. The fourth-order valence-electron chi connectivity index (χ4n) is 3.91. The average Bonchev–Trinajstić information content (AvgIpc) is 2.69. The molecule has 5 nitrogen and oxygen atoms in total. The zero-order chi connectivity index (χ0) is 17.3. The van der Waals surface area contributed by atoms with E-state index in [4.69, 9.17) is 4.74 Å². The highest BCUT2D eigenvalue weighted by Gasteiger charge is 2.57. The van der Waals surface area contributed by atoms with E-state index in [1.54, 1.807) is 12.1 Å². The molecular formula is C19H20N2O3. The molecule has 2 aromatic carbocycles. The molecule has 0 bridgehead atoms. The molecule has 4 rings (SSSR count). The molecule has 2 aromatic rings. The lowest BCUT2D eigenvalue weighted by atomic mass is 9.77. The molecule has 0 aromatic heterocycles. The van der Waals surface area contributed by atoms with Crippen molar-refractivity contribution in [2.45, 2.75) is 45.4 Å². The van der Waals surface area contributed by atoms with Gasteiger partial charge in [-0.05, 0) is 45.4 Å². The lowest BCUT2D eigenvalue weighted by Gasteiger charge is -2.48. The minimum Gasteiger partial charge on any atom is -0.467 e. The van der Waals surface area contributed by atoms with Gasteiger partial charge in [-0.1, -0.05) is 17.7 Å². The molecule has 0 saturated carbocycles. The van der Waals surface area contributed by atoms with Gasteiger partial charge in [0, 0.05) is 23.4 Å². The molecule has 0 saturated heterocycles. The third-order valence-electron chi connectivity index (χ3n) is 5.68. The summed E-state index contributed by atoms with van der Waals surface area (Å²) in [6.45, 7) is 9.19. The van der Waals surface area contributed by atoms with E-state index in [1.165, 1.54) is 17.2 Å². The fraction of sp³-hybridized carbons (Fsp3) is 0.368. The quantitative estimate of drug-likeness (QED) is 0.579. The van der Waals surface area contributed by atoms with Crippen LogP contribution in [0, 0.1) is 17.0 Å². The van der Waals surface area contributed by atoms with E-state index < -0.39 is 5.72 Å². The van der Waals surface area contributed by atoms with E-state index in [0.717, 1.165) is 17.0 Å². The van der Waals surface area contributed by atoms with E-state index in [2.05, 4.69) is 50.8 Å². The van der Waals surface area contributed by atoms with Crippen LogP contribution in [0.1, 0.15) is 37.5 Å². The van der Waals surface area contributed by atoms with E-state index in [9.17, 15) is 10.1 Å². The van der Waals surface area contributed by atoms with Gasteiger partial charge in [-0.25, -0.2) is 0 Å². The van der Waals surface area contributed by atoms with E-state index in [0.29, 0.717) is 6.54 Å². The number of nitro groups is 1. The Morgan fingerprint density at radius 3 is 2.62 bits per heavy atom. The van der Waals surface area contributed by atoms with Crippen LogP contribution in [0.2, 0.25) is 0 Å². The maximum atomic E-state index is 11.1. The third kappa shape index (κ3) is 1.75. The number of nitrogens with zero attached hydrogens (tertiary/aromatic N) is 2. The van der Waals surface area contributed by atoms with Crippen LogP contribution in [0.15, 0.2) is 36.4 Å². The lowest BCUT2D eigenvalue weighted by Crippen LogP contribution is -2.59. The first-order valence-corrected chi connectivity index (χ1v) is 8.09. The van der Waals surface area contributed by atoms with Gasteiger partial charge in [0.25, 0.3) is 5.69 Å². The summed E-state index contributed by atoms with van der Waals surface area (Å²) in [7, 11) is 0. The number of rotatable bonds is 1. The second-order valence-electron chi connectivity index (χ2n) is 7.37. The van der Waals surface area contributed by atoms with Gasteiger partial charge in [-0.2, -0.15) is 0 Å². The second kappa shape index (κ2) is 4.50. The van der Waals surface area contributed by atoms with Gasteiger partial charge in [-0.3, -0.25) is 10.1 Å². The summed E-state index contributed by atoms with van der Waals surface area (Å²) in [5.74, 6) is 0.733. The number of benzene rings is 2. The van der Waals surface area contributed by atoms with Crippen molar-refractivity contribution < 1.29 is 9.66 Å².